The summed E-state index contributed by atoms with van der Waals surface area (Å²) in [5.41, 5.74) is 2.74. The third kappa shape index (κ3) is 4.69. The number of amides is 1. The molecule has 3 aromatic rings. The molecule has 0 spiro atoms. The minimum atomic E-state index is -0.375. The second kappa shape index (κ2) is 9.17. The van der Waals surface area contributed by atoms with E-state index in [1.807, 2.05) is 49.4 Å². The van der Waals surface area contributed by atoms with E-state index in [0.29, 0.717) is 29.3 Å². The lowest BCUT2D eigenvalue weighted by atomic mass is 10.1. The van der Waals surface area contributed by atoms with Crippen LogP contribution in [0.1, 0.15) is 24.5 Å². The van der Waals surface area contributed by atoms with Crippen molar-refractivity contribution >= 4 is 45.0 Å². The van der Waals surface area contributed by atoms with Crippen molar-refractivity contribution in [3.05, 3.63) is 63.4 Å². The number of aryl methyl sites for hydroxylation is 2. The highest BCUT2D eigenvalue weighted by Crippen LogP contribution is 2.27. The lowest BCUT2D eigenvalue weighted by molar-refractivity contribution is -0.143. The Morgan fingerprint density at radius 1 is 1.18 bits per heavy atom. The van der Waals surface area contributed by atoms with Gasteiger partial charge in [-0.2, -0.15) is 4.99 Å². The summed E-state index contributed by atoms with van der Waals surface area (Å²) in [5, 5.41) is 0.602. The van der Waals surface area contributed by atoms with E-state index >= 15 is 0 Å². The first-order valence-corrected chi connectivity index (χ1v) is 10.2. The number of ether oxygens (including phenoxy) is 1. The van der Waals surface area contributed by atoms with E-state index in [9.17, 15) is 9.59 Å². The number of rotatable bonds is 6. The van der Waals surface area contributed by atoms with Crippen LogP contribution in [-0.4, -0.2) is 23.1 Å². The van der Waals surface area contributed by atoms with Gasteiger partial charge in [0.05, 0.1) is 16.8 Å². The molecule has 0 saturated heterocycles. The predicted octanol–water partition coefficient (Wildman–Crippen LogP) is 4.29. The van der Waals surface area contributed by atoms with Gasteiger partial charge in [0.15, 0.2) is 4.80 Å². The molecule has 1 aromatic heterocycles. The maximum Gasteiger partial charge on any atom is 0.326 e. The van der Waals surface area contributed by atoms with E-state index in [-0.39, 0.29) is 18.4 Å². The lowest BCUT2D eigenvalue weighted by Gasteiger charge is -2.08. The van der Waals surface area contributed by atoms with Gasteiger partial charge < -0.3 is 9.30 Å². The Labute approximate surface area is 172 Å². The first kappa shape index (κ1) is 20.3. The molecule has 0 N–H and O–H groups in total. The molecule has 0 aliphatic heterocycles. The van der Waals surface area contributed by atoms with Gasteiger partial charge >= 0.3 is 5.97 Å². The van der Waals surface area contributed by atoms with Gasteiger partial charge in [0.25, 0.3) is 0 Å². The first-order valence-electron chi connectivity index (χ1n) is 9.05. The number of halogens is 1. The van der Waals surface area contributed by atoms with E-state index in [2.05, 4.69) is 4.99 Å². The molecule has 0 saturated carbocycles. The van der Waals surface area contributed by atoms with Crippen molar-refractivity contribution in [1.82, 2.24) is 4.57 Å². The molecule has 0 aliphatic rings. The Morgan fingerprint density at radius 2 is 1.93 bits per heavy atom. The Hall–Kier alpha value is -2.44. The molecule has 1 amide bonds. The second-order valence-corrected chi connectivity index (χ2v) is 7.70. The molecule has 28 heavy (non-hydrogen) atoms. The zero-order chi connectivity index (χ0) is 20.1. The number of carbonyl (C=O) groups is 2. The highest BCUT2D eigenvalue weighted by Gasteiger charge is 2.15. The van der Waals surface area contributed by atoms with E-state index in [4.69, 9.17) is 16.3 Å². The van der Waals surface area contributed by atoms with Crippen LogP contribution < -0.4 is 4.80 Å². The summed E-state index contributed by atoms with van der Waals surface area (Å²) in [6.45, 7) is 3.93. The van der Waals surface area contributed by atoms with Crippen molar-refractivity contribution in [1.29, 1.82) is 0 Å². The molecule has 5 nitrogen and oxygen atoms in total. The fourth-order valence-electron chi connectivity index (χ4n) is 2.94. The lowest BCUT2D eigenvalue weighted by Crippen LogP contribution is -2.23. The van der Waals surface area contributed by atoms with Crippen LogP contribution in [-0.2, 0) is 27.3 Å². The Kier molecular flexibility index (Phi) is 6.65. The first-order chi connectivity index (χ1) is 13.5. The molecule has 0 radical (unpaired) electrons. The molecule has 0 bridgehead atoms. The molecule has 0 atom stereocenters. The maximum absolute atomic E-state index is 12.5. The van der Waals surface area contributed by atoms with Crippen LogP contribution in [0.5, 0.6) is 0 Å². The smallest absolute Gasteiger partial charge is 0.326 e. The molecule has 146 valence electrons. The average molecular weight is 417 g/mol. The van der Waals surface area contributed by atoms with Crippen molar-refractivity contribution in [3.8, 4) is 0 Å². The number of hydrogen-bond donors (Lipinski definition) is 0. The van der Waals surface area contributed by atoms with Crippen LogP contribution in [0, 0.1) is 6.92 Å². The van der Waals surface area contributed by atoms with Crippen LogP contribution in [0.4, 0.5) is 0 Å². The molecule has 7 heteroatoms. The monoisotopic (exact) mass is 416 g/mol. The van der Waals surface area contributed by atoms with Gasteiger partial charge in [0.2, 0.25) is 5.91 Å². The highest BCUT2D eigenvalue weighted by molar-refractivity contribution is 7.16. The number of thiazole rings is 1. The highest BCUT2D eigenvalue weighted by atomic mass is 35.5. The number of fused-ring (bicyclic) bond motifs is 1. The van der Waals surface area contributed by atoms with Gasteiger partial charge in [-0.15, -0.1) is 0 Å². The average Bonchev–Trinajstić information content (AvgIpc) is 3.02. The second-order valence-electron chi connectivity index (χ2n) is 6.29. The number of benzene rings is 2. The van der Waals surface area contributed by atoms with Gasteiger partial charge in [-0.3, -0.25) is 9.59 Å². The normalized spacial score (nSPS) is 11.8. The number of aromatic nitrogens is 1. The largest absolute Gasteiger partial charge is 0.465 e. The number of carbonyl (C=O) groups excluding carboxylic acids is 2. The van der Waals surface area contributed by atoms with Gasteiger partial charge in [0.1, 0.15) is 6.54 Å². The third-order valence-electron chi connectivity index (χ3n) is 4.31. The van der Waals surface area contributed by atoms with Crippen molar-refractivity contribution in [2.24, 2.45) is 4.99 Å². The summed E-state index contributed by atoms with van der Waals surface area (Å²) < 4.78 is 7.72. The fraction of sp³-hybridized carbons (Fsp3) is 0.286. The van der Waals surface area contributed by atoms with Crippen LogP contribution in [0.25, 0.3) is 10.2 Å². The number of esters is 1. The summed E-state index contributed by atoms with van der Waals surface area (Å²) in [7, 11) is 0. The van der Waals surface area contributed by atoms with Crippen LogP contribution >= 0.6 is 22.9 Å². The van der Waals surface area contributed by atoms with E-state index in [1.165, 1.54) is 11.3 Å². The molecule has 0 fully saturated rings. The van der Waals surface area contributed by atoms with Gasteiger partial charge in [-0.25, -0.2) is 0 Å². The quantitative estimate of drug-likeness (QED) is 0.563. The van der Waals surface area contributed by atoms with Crippen LogP contribution in [0.3, 0.4) is 0 Å². The standard InChI is InChI=1S/C21H21ClN2O3S/c1-3-27-19(26)13-24-20-14(2)16(22)10-11-17(20)28-21(24)23-18(25)12-9-15-7-5-4-6-8-15/h4-8,10-11H,3,9,12-13H2,1-2H3. The summed E-state index contributed by atoms with van der Waals surface area (Å²) in [5.74, 6) is -0.600. The topological polar surface area (TPSA) is 60.7 Å². The van der Waals surface area contributed by atoms with Crippen LogP contribution in [0.15, 0.2) is 47.5 Å². The molecule has 0 unspecified atom stereocenters. The third-order valence-corrected chi connectivity index (χ3v) is 5.77. The van der Waals surface area contributed by atoms with Gasteiger partial charge in [-0.1, -0.05) is 53.3 Å². The van der Waals surface area contributed by atoms with Crippen molar-refractivity contribution < 1.29 is 14.3 Å². The molecular formula is C21H21ClN2O3S. The minimum Gasteiger partial charge on any atom is -0.465 e. The van der Waals surface area contributed by atoms with Crippen molar-refractivity contribution in [2.75, 3.05) is 6.61 Å². The molecule has 3 rings (SSSR count). The summed E-state index contributed by atoms with van der Waals surface area (Å²) in [4.78, 5) is 29.3. The van der Waals surface area contributed by atoms with E-state index in [1.54, 1.807) is 11.5 Å². The fourth-order valence-corrected chi connectivity index (χ4v) is 4.20. The molecular weight excluding hydrogens is 396 g/mol. The zero-order valence-corrected chi connectivity index (χ0v) is 17.3. The summed E-state index contributed by atoms with van der Waals surface area (Å²) in [6, 6.07) is 13.5. The maximum atomic E-state index is 12.5. The van der Waals surface area contributed by atoms with Crippen molar-refractivity contribution in [2.45, 2.75) is 33.2 Å². The van der Waals surface area contributed by atoms with Gasteiger partial charge in [-0.05, 0) is 43.5 Å². The van der Waals surface area contributed by atoms with Crippen LogP contribution in [0.2, 0.25) is 5.02 Å². The Balaban J connectivity index is 1.96. The SMILES string of the molecule is CCOC(=O)Cn1c(=NC(=O)CCc2ccccc2)sc2ccc(Cl)c(C)c21. The number of hydrogen-bond acceptors (Lipinski definition) is 4. The van der Waals surface area contributed by atoms with Crippen molar-refractivity contribution in [3.63, 3.8) is 0 Å². The van der Waals surface area contributed by atoms with E-state index < -0.39 is 0 Å². The summed E-state index contributed by atoms with van der Waals surface area (Å²) in [6.07, 6.45) is 0.925. The van der Waals surface area contributed by atoms with E-state index in [0.717, 1.165) is 21.3 Å². The predicted molar refractivity (Wildman–Crippen MR) is 112 cm³/mol. The summed E-state index contributed by atoms with van der Waals surface area (Å²) >= 11 is 7.63. The Morgan fingerprint density at radius 3 is 2.64 bits per heavy atom. The zero-order valence-electron chi connectivity index (χ0n) is 15.8. The molecule has 1 heterocycles. The van der Waals surface area contributed by atoms with Gasteiger partial charge in [0, 0.05) is 11.4 Å². The molecule has 0 aliphatic carbocycles. The minimum absolute atomic E-state index is 0.0141. The molecule has 2 aromatic carbocycles. The Bertz CT molecular complexity index is 1070. The number of nitrogens with zero attached hydrogens (tertiary/aromatic N) is 2.